The highest BCUT2D eigenvalue weighted by atomic mass is 32.2. The monoisotopic (exact) mass is 614 g/mol. The maximum Gasteiger partial charge on any atom is 0.350 e. The van der Waals surface area contributed by atoms with E-state index in [9.17, 15) is 19.5 Å². The number of nitrogens with two attached hydrogens (primary N) is 1. The summed E-state index contributed by atoms with van der Waals surface area (Å²) in [5.74, 6) is -1.45. The summed E-state index contributed by atoms with van der Waals surface area (Å²) in [5, 5.41) is 32.1. The lowest BCUT2D eigenvalue weighted by molar-refractivity contribution is -0.688. The van der Waals surface area contributed by atoms with Gasteiger partial charge in [-0.15, -0.1) is 28.2 Å². The van der Waals surface area contributed by atoms with E-state index in [2.05, 4.69) is 36.3 Å². The van der Waals surface area contributed by atoms with Crippen molar-refractivity contribution in [2.75, 3.05) is 23.9 Å². The van der Waals surface area contributed by atoms with Crippen LogP contribution in [0.4, 0.5) is 10.8 Å². The van der Waals surface area contributed by atoms with Crippen LogP contribution in [0.25, 0.3) is 5.70 Å². The van der Waals surface area contributed by atoms with E-state index in [-0.39, 0.29) is 22.4 Å². The van der Waals surface area contributed by atoms with E-state index in [1.54, 1.807) is 11.9 Å². The number of rotatable bonds is 10. The number of hydrogen-bond acceptors (Lipinski definition) is 13. The van der Waals surface area contributed by atoms with Crippen molar-refractivity contribution in [3.8, 4) is 0 Å². The van der Waals surface area contributed by atoms with E-state index in [4.69, 9.17) is 10.6 Å². The molecule has 0 aliphatic carbocycles. The quantitative estimate of drug-likeness (QED) is 0.100. The van der Waals surface area contributed by atoms with Gasteiger partial charge in [0.1, 0.15) is 17.1 Å². The first-order chi connectivity index (χ1) is 20.0. The van der Waals surface area contributed by atoms with Gasteiger partial charge in [-0.3, -0.25) is 14.5 Å². The summed E-state index contributed by atoms with van der Waals surface area (Å²) in [5.41, 5.74) is 6.28. The summed E-state index contributed by atoms with van der Waals surface area (Å²) in [6.45, 7) is 3.07. The fourth-order valence-corrected chi connectivity index (χ4v) is 6.09. The average molecular weight is 615 g/mol. The number of carboxylic acid groups (broad SMARTS) is 1. The van der Waals surface area contributed by atoms with Crippen LogP contribution in [0.1, 0.15) is 25.4 Å². The van der Waals surface area contributed by atoms with Gasteiger partial charge in [-0.2, -0.15) is 0 Å². The van der Waals surface area contributed by atoms with E-state index >= 15 is 0 Å². The van der Waals surface area contributed by atoms with Crippen molar-refractivity contribution in [1.82, 2.24) is 35.4 Å². The van der Waals surface area contributed by atoms with Gasteiger partial charge in [-0.05, 0) is 24.3 Å². The average Bonchev–Trinajstić information content (AvgIpc) is 3.59. The number of thiazole rings is 1. The largest absolute Gasteiger partial charge is 0.478 e. The molecule has 5 heterocycles. The zero-order valence-electron chi connectivity index (χ0n) is 23.0. The lowest BCUT2D eigenvalue weighted by atomic mass is 10.0. The molecule has 0 aromatic carbocycles. The minimum Gasteiger partial charge on any atom is -0.478 e. The fourth-order valence-electron chi connectivity index (χ4n) is 4.21. The van der Waals surface area contributed by atoms with Gasteiger partial charge in [0.25, 0.3) is 11.8 Å². The topological polar surface area (TPSA) is 207 Å². The van der Waals surface area contributed by atoms with Crippen LogP contribution < -0.4 is 20.9 Å². The molecule has 1 saturated heterocycles. The number of aromatic nitrogens is 6. The van der Waals surface area contributed by atoms with Gasteiger partial charge in [0, 0.05) is 48.6 Å². The zero-order chi connectivity index (χ0) is 30.2. The lowest BCUT2D eigenvalue weighted by Crippen LogP contribution is -2.70. The van der Waals surface area contributed by atoms with Crippen molar-refractivity contribution >= 4 is 63.1 Å². The summed E-state index contributed by atoms with van der Waals surface area (Å²) in [7, 11) is 3.53. The number of nitrogen functional groups attached to an aromatic ring is 1. The maximum atomic E-state index is 13.6. The minimum atomic E-state index is -1.72. The van der Waals surface area contributed by atoms with Gasteiger partial charge in [0.05, 0.1) is 5.70 Å². The van der Waals surface area contributed by atoms with E-state index in [0.717, 1.165) is 22.6 Å². The molecule has 0 radical (unpaired) electrons. The third-order valence-electron chi connectivity index (χ3n) is 6.58. The number of fused-ring (bicyclic) bond motifs is 1. The van der Waals surface area contributed by atoms with E-state index < -0.39 is 28.9 Å². The fraction of sp³-hybridized carbons (Fsp3) is 0.375. The highest BCUT2D eigenvalue weighted by Gasteiger charge is 2.54. The molecule has 5 N–H and O–H groups in total. The molecule has 0 saturated carbocycles. The third-order valence-corrected chi connectivity index (χ3v) is 8.59. The summed E-state index contributed by atoms with van der Waals surface area (Å²) in [4.78, 5) is 49.3. The number of aliphatic carboxylic acids is 1. The standard InChI is InChI=1S/C24H27N11O5S2/c1-24(2,22(38)39)40-30-15(14-11-42-23(25)27-14)19(36)28-16-20(37)35-17(18-29-31-32-33(18)4)12(10-41-21(16)35)9-34-7-5-13(26-3)6-8-34/h5-8,11,16,21H,9-10H2,1-4H3,(H4,25,27,28,36,38,39)/p+1/b30-15-. The number of tetrazole rings is 1. The molecule has 2 atom stereocenters. The second kappa shape index (κ2) is 11.4. The van der Waals surface area contributed by atoms with Crippen LogP contribution in [-0.4, -0.2) is 88.5 Å². The van der Waals surface area contributed by atoms with Crippen molar-refractivity contribution in [3.63, 3.8) is 0 Å². The van der Waals surface area contributed by atoms with E-state index in [0.29, 0.717) is 23.8 Å². The Balaban J connectivity index is 1.41. The molecule has 2 amide bonds. The first-order valence-electron chi connectivity index (χ1n) is 12.6. The number of carbonyl (C=O) groups is 3. The summed E-state index contributed by atoms with van der Waals surface area (Å²) >= 11 is 2.56. The summed E-state index contributed by atoms with van der Waals surface area (Å²) in [6, 6.07) is 2.98. The molecule has 2 aliphatic rings. The zero-order valence-corrected chi connectivity index (χ0v) is 24.6. The van der Waals surface area contributed by atoms with E-state index in [1.165, 1.54) is 35.7 Å². The molecule has 16 nitrogen and oxygen atoms in total. The lowest BCUT2D eigenvalue weighted by Gasteiger charge is -2.49. The molecule has 0 bridgehead atoms. The van der Waals surface area contributed by atoms with Crippen LogP contribution in [0, 0.1) is 0 Å². The first-order valence-corrected chi connectivity index (χ1v) is 14.5. The number of aryl methyl sites for hydroxylation is 1. The SMILES string of the molecule is CNc1cc[n+](CC2=C(c3nnnn3C)N3C(=O)C(NC(=O)/C(=N\OC(C)(C)C(=O)O)c4csc(N)n4)C3SC2)cc1. The van der Waals surface area contributed by atoms with Gasteiger partial charge >= 0.3 is 5.97 Å². The number of hydrogen-bond donors (Lipinski definition) is 4. The van der Waals surface area contributed by atoms with E-state index in [1.807, 2.05) is 36.1 Å². The Bertz CT molecular complexity index is 1600. The summed E-state index contributed by atoms with van der Waals surface area (Å²) in [6.07, 6.45) is 3.87. The number of nitrogens with one attached hydrogen (secondary N) is 2. The second-order valence-corrected chi connectivity index (χ2v) is 11.9. The van der Waals surface area contributed by atoms with Crippen LogP contribution in [-0.2, 0) is 32.8 Å². The second-order valence-electron chi connectivity index (χ2n) is 9.87. The minimum absolute atomic E-state index is 0.0884. The number of carboxylic acids is 1. The van der Waals surface area contributed by atoms with Gasteiger partial charge in [0.2, 0.25) is 5.60 Å². The van der Waals surface area contributed by atoms with Crippen LogP contribution in [0.3, 0.4) is 0 Å². The Labute approximate surface area is 247 Å². The van der Waals surface area contributed by atoms with Gasteiger partial charge in [-0.1, -0.05) is 5.16 Å². The van der Waals surface area contributed by atoms with Crippen LogP contribution in [0.15, 0.2) is 40.6 Å². The molecule has 3 aromatic rings. The number of amides is 2. The van der Waals surface area contributed by atoms with Gasteiger partial charge < -0.3 is 26.3 Å². The molecule has 42 heavy (non-hydrogen) atoms. The number of carbonyl (C=O) groups excluding carboxylic acids is 2. The van der Waals surface area contributed by atoms with Crippen molar-refractivity contribution in [2.45, 2.75) is 37.4 Å². The molecular formula is C24H28N11O5S2+. The Morgan fingerprint density at radius 3 is 2.67 bits per heavy atom. The van der Waals surface area contributed by atoms with Gasteiger partial charge in [0.15, 0.2) is 35.6 Å². The van der Waals surface area contributed by atoms with Crippen LogP contribution >= 0.6 is 23.1 Å². The molecular weight excluding hydrogens is 586 g/mol. The highest BCUT2D eigenvalue weighted by molar-refractivity contribution is 8.00. The molecule has 2 aliphatic heterocycles. The van der Waals surface area contributed by atoms with Crippen molar-refractivity contribution < 1.29 is 28.9 Å². The Hall–Kier alpha value is -4.58. The Morgan fingerprint density at radius 1 is 1.33 bits per heavy atom. The molecule has 220 valence electrons. The number of anilines is 2. The number of thioether (sulfide) groups is 1. The molecule has 18 heteroatoms. The van der Waals surface area contributed by atoms with Crippen molar-refractivity contribution in [3.05, 3.63) is 47.0 Å². The molecule has 3 aromatic heterocycles. The van der Waals surface area contributed by atoms with Crippen molar-refractivity contribution in [2.24, 2.45) is 12.2 Å². The molecule has 1 fully saturated rings. The number of nitrogens with zero attached hydrogens (tertiary/aromatic N) is 8. The summed E-state index contributed by atoms with van der Waals surface area (Å²) < 4.78 is 3.49. The maximum absolute atomic E-state index is 13.6. The first kappa shape index (κ1) is 28.9. The Kier molecular flexibility index (Phi) is 7.83. The Morgan fingerprint density at radius 2 is 2.07 bits per heavy atom. The predicted molar refractivity (Wildman–Crippen MR) is 153 cm³/mol. The normalized spacial score (nSPS) is 18.8. The molecule has 5 rings (SSSR count). The van der Waals surface area contributed by atoms with Crippen LogP contribution in [0.5, 0.6) is 0 Å². The van der Waals surface area contributed by atoms with Crippen molar-refractivity contribution in [1.29, 1.82) is 0 Å². The molecule has 2 unspecified atom stereocenters. The number of β-lactam (4-membered cyclic amide) rings is 1. The smallest absolute Gasteiger partial charge is 0.350 e. The number of pyridine rings is 1. The van der Waals surface area contributed by atoms with Gasteiger partial charge in [-0.25, -0.2) is 19.0 Å². The van der Waals surface area contributed by atoms with Crippen LogP contribution in [0.2, 0.25) is 0 Å². The third kappa shape index (κ3) is 5.49. The predicted octanol–water partition coefficient (Wildman–Crippen LogP) is -0.327. The highest BCUT2D eigenvalue weighted by Crippen LogP contribution is 2.43. The number of oxime groups is 1. The molecule has 0 spiro atoms.